The summed E-state index contributed by atoms with van der Waals surface area (Å²) >= 11 is 2.01. The lowest BCUT2D eigenvalue weighted by Gasteiger charge is -2.29. The van der Waals surface area contributed by atoms with E-state index in [1.807, 2.05) is 25.6 Å². The Labute approximate surface area is 125 Å². The van der Waals surface area contributed by atoms with E-state index in [-0.39, 0.29) is 0 Å². The Morgan fingerprint density at radius 1 is 1.30 bits per heavy atom. The molecule has 0 spiro atoms. The molecule has 1 aromatic heterocycles. The molecule has 0 saturated carbocycles. The zero-order valence-electron chi connectivity index (χ0n) is 12.3. The third-order valence-electron chi connectivity index (χ3n) is 3.97. The number of rotatable bonds is 3. The number of furan rings is 1. The fourth-order valence-electron chi connectivity index (χ4n) is 2.99. The van der Waals surface area contributed by atoms with Crippen molar-refractivity contribution in [2.24, 2.45) is 0 Å². The molecule has 2 atom stereocenters. The van der Waals surface area contributed by atoms with E-state index in [0.717, 1.165) is 23.0 Å². The molecular weight excluding hydrogens is 266 g/mol. The predicted octanol–water partition coefficient (Wildman–Crippen LogP) is 4.54. The van der Waals surface area contributed by atoms with Gasteiger partial charge in [-0.25, -0.2) is 0 Å². The molecule has 0 amide bonds. The monoisotopic (exact) mass is 287 g/mol. The van der Waals surface area contributed by atoms with Crippen LogP contribution in [0.15, 0.2) is 34.7 Å². The molecule has 3 heteroatoms. The van der Waals surface area contributed by atoms with Crippen molar-refractivity contribution >= 4 is 11.8 Å². The molecule has 1 aliphatic rings. The van der Waals surface area contributed by atoms with Crippen LogP contribution in [0.25, 0.3) is 0 Å². The van der Waals surface area contributed by atoms with Crippen molar-refractivity contribution in [3.8, 4) is 0 Å². The number of fused-ring (bicyclic) bond motifs is 1. The average molecular weight is 287 g/mol. The van der Waals surface area contributed by atoms with Crippen molar-refractivity contribution in [1.29, 1.82) is 0 Å². The first kappa shape index (κ1) is 13.8. The van der Waals surface area contributed by atoms with Crippen molar-refractivity contribution in [2.75, 3.05) is 5.75 Å². The Bertz CT molecular complexity index is 605. The second-order valence-corrected chi connectivity index (χ2v) is 6.55. The summed E-state index contributed by atoms with van der Waals surface area (Å²) in [5, 5.41) is 3.76. The van der Waals surface area contributed by atoms with E-state index in [4.69, 9.17) is 4.42 Å². The van der Waals surface area contributed by atoms with Crippen LogP contribution in [0.3, 0.4) is 0 Å². The third-order valence-corrected chi connectivity index (χ3v) is 5.05. The van der Waals surface area contributed by atoms with Gasteiger partial charge in [0.05, 0.1) is 0 Å². The van der Waals surface area contributed by atoms with Gasteiger partial charge in [0.25, 0.3) is 0 Å². The van der Waals surface area contributed by atoms with Crippen molar-refractivity contribution in [1.82, 2.24) is 5.32 Å². The summed E-state index contributed by atoms with van der Waals surface area (Å²) in [4.78, 5) is 0. The SMILES string of the molecule is Cc1cc(C(C)NC2CSCc3ccccc32)c(C)o1. The van der Waals surface area contributed by atoms with Gasteiger partial charge in [0.2, 0.25) is 0 Å². The molecule has 0 fully saturated rings. The zero-order chi connectivity index (χ0) is 14.1. The second-order valence-electron chi connectivity index (χ2n) is 5.52. The molecule has 0 aliphatic carbocycles. The fraction of sp³-hybridized carbons (Fsp3) is 0.412. The molecule has 0 saturated heterocycles. The van der Waals surface area contributed by atoms with E-state index < -0.39 is 0 Å². The van der Waals surface area contributed by atoms with Crippen LogP contribution < -0.4 is 5.32 Å². The highest BCUT2D eigenvalue weighted by Crippen LogP contribution is 2.33. The van der Waals surface area contributed by atoms with Gasteiger partial charge in [0.1, 0.15) is 11.5 Å². The summed E-state index contributed by atoms with van der Waals surface area (Å²) in [7, 11) is 0. The number of aryl methyl sites for hydroxylation is 2. The van der Waals surface area contributed by atoms with Crippen LogP contribution in [0.4, 0.5) is 0 Å². The highest BCUT2D eigenvalue weighted by atomic mass is 32.2. The van der Waals surface area contributed by atoms with Crippen molar-refractivity contribution in [3.05, 3.63) is 58.5 Å². The first-order chi connectivity index (χ1) is 9.65. The van der Waals surface area contributed by atoms with Gasteiger partial charge in [-0.15, -0.1) is 0 Å². The maximum atomic E-state index is 5.65. The first-order valence-corrected chi connectivity index (χ1v) is 8.29. The van der Waals surface area contributed by atoms with E-state index in [1.165, 1.54) is 16.7 Å². The molecule has 1 aliphatic heterocycles. The van der Waals surface area contributed by atoms with Crippen LogP contribution in [-0.2, 0) is 5.75 Å². The fourth-order valence-corrected chi connectivity index (χ4v) is 4.10. The molecule has 2 unspecified atom stereocenters. The first-order valence-electron chi connectivity index (χ1n) is 7.13. The van der Waals surface area contributed by atoms with E-state index in [2.05, 4.69) is 42.6 Å². The van der Waals surface area contributed by atoms with Gasteiger partial charge < -0.3 is 9.73 Å². The van der Waals surface area contributed by atoms with Gasteiger partial charge in [-0.3, -0.25) is 0 Å². The Kier molecular flexibility index (Phi) is 3.90. The van der Waals surface area contributed by atoms with Crippen LogP contribution >= 0.6 is 11.8 Å². The molecule has 2 aromatic rings. The van der Waals surface area contributed by atoms with Crippen LogP contribution in [0.1, 0.15) is 47.2 Å². The smallest absolute Gasteiger partial charge is 0.105 e. The Morgan fingerprint density at radius 2 is 2.10 bits per heavy atom. The van der Waals surface area contributed by atoms with E-state index in [0.29, 0.717) is 12.1 Å². The highest BCUT2D eigenvalue weighted by Gasteiger charge is 2.23. The summed E-state index contributed by atoms with van der Waals surface area (Å²) in [5.74, 6) is 4.29. The number of hydrogen-bond donors (Lipinski definition) is 1. The summed E-state index contributed by atoms with van der Waals surface area (Å²) in [6, 6.07) is 11.7. The minimum absolute atomic E-state index is 0.309. The van der Waals surface area contributed by atoms with E-state index in [1.54, 1.807) is 0 Å². The number of thioether (sulfide) groups is 1. The molecule has 2 heterocycles. The Balaban J connectivity index is 1.80. The zero-order valence-corrected chi connectivity index (χ0v) is 13.1. The summed E-state index contributed by atoms with van der Waals surface area (Å²) in [6.07, 6.45) is 0. The molecule has 1 aromatic carbocycles. The standard InChI is InChI=1S/C17H21NOS/c1-11-8-16(13(3)19-11)12(2)18-17-10-20-9-14-6-4-5-7-15(14)17/h4-8,12,17-18H,9-10H2,1-3H3. The van der Waals surface area contributed by atoms with Crippen molar-refractivity contribution < 1.29 is 4.42 Å². The molecule has 1 N–H and O–H groups in total. The van der Waals surface area contributed by atoms with Crippen LogP contribution in [0, 0.1) is 13.8 Å². The van der Waals surface area contributed by atoms with E-state index >= 15 is 0 Å². The maximum Gasteiger partial charge on any atom is 0.105 e. The molecule has 106 valence electrons. The van der Waals surface area contributed by atoms with Crippen LogP contribution in [0.2, 0.25) is 0 Å². The minimum atomic E-state index is 0.309. The maximum absolute atomic E-state index is 5.65. The summed E-state index contributed by atoms with van der Waals surface area (Å²) in [6.45, 7) is 6.28. The number of hydrogen-bond acceptors (Lipinski definition) is 3. The van der Waals surface area contributed by atoms with Gasteiger partial charge in [-0.1, -0.05) is 24.3 Å². The second kappa shape index (κ2) is 5.66. The predicted molar refractivity (Wildman–Crippen MR) is 85.1 cm³/mol. The van der Waals surface area contributed by atoms with E-state index in [9.17, 15) is 0 Å². The van der Waals surface area contributed by atoms with Gasteiger partial charge in [-0.05, 0) is 38.0 Å². The average Bonchev–Trinajstić information content (AvgIpc) is 2.78. The van der Waals surface area contributed by atoms with Gasteiger partial charge in [0.15, 0.2) is 0 Å². The van der Waals surface area contributed by atoms with Gasteiger partial charge in [0, 0.05) is 29.2 Å². The normalized spacial score (nSPS) is 19.6. The van der Waals surface area contributed by atoms with Crippen LogP contribution in [-0.4, -0.2) is 5.75 Å². The minimum Gasteiger partial charge on any atom is -0.466 e. The third kappa shape index (κ3) is 2.65. The Hall–Kier alpha value is -1.19. The molecule has 20 heavy (non-hydrogen) atoms. The quantitative estimate of drug-likeness (QED) is 0.897. The lowest BCUT2D eigenvalue weighted by atomic mass is 10.00. The van der Waals surface area contributed by atoms with Crippen LogP contribution in [0.5, 0.6) is 0 Å². The summed E-state index contributed by atoms with van der Waals surface area (Å²) in [5.41, 5.74) is 4.19. The van der Waals surface area contributed by atoms with Crippen molar-refractivity contribution in [2.45, 2.75) is 38.6 Å². The number of benzene rings is 1. The lowest BCUT2D eigenvalue weighted by Crippen LogP contribution is -2.29. The van der Waals surface area contributed by atoms with Gasteiger partial charge in [-0.2, -0.15) is 11.8 Å². The van der Waals surface area contributed by atoms with Gasteiger partial charge >= 0.3 is 0 Å². The molecule has 0 bridgehead atoms. The number of nitrogens with one attached hydrogen (secondary N) is 1. The Morgan fingerprint density at radius 3 is 2.85 bits per heavy atom. The topological polar surface area (TPSA) is 25.2 Å². The molecule has 0 radical (unpaired) electrons. The largest absolute Gasteiger partial charge is 0.466 e. The summed E-state index contributed by atoms with van der Waals surface area (Å²) < 4.78 is 5.65. The highest BCUT2D eigenvalue weighted by molar-refractivity contribution is 7.98. The molecule has 3 rings (SSSR count). The van der Waals surface area contributed by atoms with Crippen molar-refractivity contribution in [3.63, 3.8) is 0 Å². The lowest BCUT2D eigenvalue weighted by molar-refractivity contribution is 0.469. The molecular formula is C17H21NOS. The molecule has 2 nitrogen and oxygen atoms in total.